The van der Waals surface area contributed by atoms with E-state index in [2.05, 4.69) is 14.6 Å². The minimum Gasteiger partial charge on any atom is -0.435 e. The van der Waals surface area contributed by atoms with Gasteiger partial charge in [0, 0.05) is 16.1 Å². The Morgan fingerprint density at radius 3 is 1.94 bits per heavy atom. The molecule has 0 unspecified atom stereocenters. The van der Waals surface area contributed by atoms with Gasteiger partial charge in [-0.1, -0.05) is 47.5 Å². The highest BCUT2D eigenvalue weighted by Gasteiger charge is 2.17. The highest BCUT2D eigenvalue weighted by Crippen LogP contribution is 2.34. The largest absolute Gasteiger partial charge is 0.435 e. The minimum absolute atomic E-state index is 0.0320. The van der Waals surface area contributed by atoms with Crippen LogP contribution < -0.4 is 9.47 Å². The standard InChI is InChI=1S/C23H14Cl2F4N2O2/c24-15-7-8-20(18(25)11-15)31-21(14-4-2-6-17(10-14)33-23(28)29)12-19(30-31)13-3-1-5-16(9-13)32-22(26)27/h1-12,22-23H. The molecular weight excluding hydrogens is 483 g/mol. The van der Waals surface area contributed by atoms with E-state index in [0.29, 0.717) is 38.2 Å². The fourth-order valence-corrected chi connectivity index (χ4v) is 3.72. The molecule has 1 heterocycles. The van der Waals surface area contributed by atoms with Crippen LogP contribution >= 0.6 is 23.2 Å². The summed E-state index contributed by atoms with van der Waals surface area (Å²) in [6.45, 7) is -5.96. The highest BCUT2D eigenvalue weighted by molar-refractivity contribution is 6.35. The molecule has 4 nitrogen and oxygen atoms in total. The monoisotopic (exact) mass is 496 g/mol. The summed E-state index contributed by atoms with van der Waals surface area (Å²) in [6, 6.07) is 18.6. The van der Waals surface area contributed by atoms with Gasteiger partial charge in [-0.15, -0.1) is 0 Å². The Kier molecular flexibility index (Phi) is 6.76. The molecule has 0 amide bonds. The van der Waals surface area contributed by atoms with Crippen molar-refractivity contribution in [2.45, 2.75) is 13.2 Å². The Morgan fingerprint density at radius 2 is 1.33 bits per heavy atom. The number of halogens is 6. The SMILES string of the molecule is FC(F)Oc1cccc(-c2cc(-c3cccc(OC(F)F)c3)n(-c3ccc(Cl)cc3Cl)n2)c1. The lowest BCUT2D eigenvalue weighted by Gasteiger charge is -2.11. The zero-order chi connectivity index (χ0) is 23.5. The quantitative estimate of drug-likeness (QED) is 0.246. The van der Waals surface area contributed by atoms with Crippen molar-refractivity contribution < 1.29 is 27.0 Å². The van der Waals surface area contributed by atoms with Crippen molar-refractivity contribution in [3.63, 3.8) is 0 Å². The Bertz CT molecular complexity index is 1280. The average molecular weight is 497 g/mol. The van der Waals surface area contributed by atoms with Gasteiger partial charge in [0.15, 0.2) is 0 Å². The average Bonchev–Trinajstić information content (AvgIpc) is 3.18. The number of rotatable bonds is 7. The van der Waals surface area contributed by atoms with Gasteiger partial charge in [0.05, 0.1) is 22.1 Å². The number of hydrogen-bond acceptors (Lipinski definition) is 3. The lowest BCUT2D eigenvalue weighted by Crippen LogP contribution is -2.03. The highest BCUT2D eigenvalue weighted by atomic mass is 35.5. The van der Waals surface area contributed by atoms with Crippen LogP contribution in [0, 0.1) is 0 Å². The van der Waals surface area contributed by atoms with Crippen LogP contribution in [0.5, 0.6) is 11.5 Å². The first kappa shape index (κ1) is 22.9. The number of alkyl halides is 4. The third kappa shape index (κ3) is 5.40. The van der Waals surface area contributed by atoms with E-state index in [1.165, 1.54) is 35.0 Å². The summed E-state index contributed by atoms with van der Waals surface area (Å²) in [5.41, 5.74) is 2.39. The van der Waals surface area contributed by atoms with Crippen LogP contribution in [0.3, 0.4) is 0 Å². The molecule has 0 fully saturated rings. The second kappa shape index (κ2) is 9.72. The Labute approximate surface area is 195 Å². The van der Waals surface area contributed by atoms with E-state index >= 15 is 0 Å². The van der Waals surface area contributed by atoms with E-state index in [-0.39, 0.29) is 11.5 Å². The van der Waals surface area contributed by atoms with Gasteiger partial charge in [0.25, 0.3) is 0 Å². The molecule has 0 aliphatic rings. The first-order chi connectivity index (χ1) is 15.8. The number of aromatic nitrogens is 2. The normalized spacial score (nSPS) is 11.3. The first-order valence-corrected chi connectivity index (χ1v) is 10.2. The third-order valence-corrected chi connectivity index (χ3v) is 5.10. The summed E-state index contributed by atoms with van der Waals surface area (Å²) in [7, 11) is 0. The molecule has 0 N–H and O–H groups in total. The van der Waals surface area contributed by atoms with E-state index in [1.54, 1.807) is 42.5 Å². The molecular formula is C23H14Cl2F4N2O2. The lowest BCUT2D eigenvalue weighted by molar-refractivity contribution is -0.0505. The summed E-state index contributed by atoms with van der Waals surface area (Å²) in [5.74, 6) is -0.0678. The molecule has 0 saturated carbocycles. The van der Waals surface area contributed by atoms with Gasteiger partial charge in [-0.05, 0) is 48.5 Å². The maximum atomic E-state index is 12.7. The fourth-order valence-electron chi connectivity index (χ4n) is 3.23. The van der Waals surface area contributed by atoms with Gasteiger partial charge in [-0.3, -0.25) is 0 Å². The Morgan fingerprint density at radius 1 is 0.727 bits per heavy atom. The molecule has 0 spiro atoms. The van der Waals surface area contributed by atoms with Crippen molar-refractivity contribution in [3.8, 4) is 39.7 Å². The predicted molar refractivity (Wildman–Crippen MR) is 118 cm³/mol. The fraction of sp³-hybridized carbons (Fsp3) is 0.0870. The molecule has 1 aromatic heterocycles. The number of benzene rings is 3. The molecule has 0 aliphatic heterocycles. The van der Waals surface area contributed by atoms with Gasteiger partial charge >= 0.3 is 13.2 Å². The molecule has 0 saturated heterocycles. The number of hydrogen-bond donors (Lipinski definition) is 0. The smallest absolute Gasteiger partial charge is 0.387 e. The third-order valence-electron chi connectivity index (χ3n) is 4.56. The molecule has 0 radical (unpaired) electrons. The van der Waals surface area contributed by atoms with Gasteiger partial charge in [0.1, 0.15) is 11.5 Å². The summed E-state index contributed by atoms with van der Waals surface area (Å²) >= 11 is 12.4. The van der Waals surface area contributed by atoms with Crippen LogP contribution in [0.25, 0.3) is 28.2 Å². The van der Waals surface area contributed by atoms with Crippen molar-refractivity contribution >= 4 is 23.2 Å². The zero-order valence-electron chi connectivity index (χ0n) is 16.6. The maximum Gasteiger partial charge on any atom is 0.387 e. The maximum absolute atomic E-state index is 12.7. The van der Waals surface area contributed by atoms with Crippen LogP contribution in [0.1, 0.15) is 0 Å². The van der Waals surface area contributed by atoms with Crippen LogP contribution in [0.4, 0.5) is 17.6 Å². The molecule has 0 aliphatic carbocycles. The van der Waals surface area contributed by atoms with Crippen molar-refractivity contribution in [1.29, 1.82) is 0 Å². The summed E-state index contributed by atoms with van der Waals surface area (Å²) in [6.07, 6.45) is 0. The van der Waals surface area contributed by atoms with Gasteiger partial charge < -0.3 is 9.47 Å². The van der Waals surface area contributed by atoms with E-state index in [1.807, 2.05) is 0 Å². The Balaban J connectivity index is 1.86. The second-order valence-electron chi connectivity index (χ2n) is 6.74. The molecule has 0 atom stereocenters. The topological polar surface area (TPSA) is 36.3 Å². The van der Waals surface area contributed by atoms with Gasteiger partial charge in [-0.2, -0.15) is 22.7 Å². The van der Waals surface area contributed by atoms with Gasteiger partial charge in [0.2, 0.25) is 0 Å². The van der Waals surface area contributed by atoms with E-state index in [4.69, 9.17) is 23.2 Å². The second-order valence-corrected chi connectivity index (χ2v) is 7.58. The number of nitrogens with zero attached hydrogens (tertiary/aromatic N) is 2. The molecule has 170 valence electrons. The van der Waals surface area contributed by atoms with Gasteiger partial charge in [-0.25, -0.2) is 4.68 Å². The Hall–Kier alpha value is -3.23. The lowest BCUT2D eigenvalue weighted by atomic mass is 10.1. The first-order valence-electron chi connectivity index (χ1n) is 9.46. The van der Waals surface area contributed by atoms with Crippen molar-refractivity contribution in [2.24, 2.45) is 0 Å². The van der Waals surface area contributed by atoms with Crippen LogP contribution in [-0.2, 0) is 0 Å². The van der Waals surface area contributed by atoms with Crippen molar-refractivity contribution in [1.82, 2.24) is 9.78 Å². The molecule has 10 heteroatoms. The number of ether oxygens (including phenoxy) is 2. The van der Waals surface area contributed by atoms with Crippen LogP contribution in [0.2, 0.25) is 10.0 Å². The van der Waals surface area contributed by atoms with E-state index < -0.39 is 13.2 Å². The molecule has 3 aromatic carbocycles. The van der Waals surface area contributed by atoms with Crippen molar-refractivity contribution in [2.75, 3.05) is 0 Å². The summed E-state index contributed by atoms with van der Waals surface area (Å²) < 4.78 is 61.2. The van der Waals surface area contributed by atoms with E-state index in [9.17, 15) is 17.6 Å². The summed E-state index contributed by atoms with van der Waals surface area (Å²) in [4.78, 5) is 0. The van der Waals surface area contributed by atoms with Crippen LogP contribution in [0.15, 0.2) is 72.8 Å². The predicted octanol–water partition coefficient (Wildman–Crippen LogP) is 7.72. The minimum atomic E-state index is -2.98. The molecule has 4 rings (SSSR count). The van der Waals surface area contributed by atoms with Crippen LogP contribution in [-0.4, -0.2) is 23.0 Å². The molecule has 33 heavy (non-hydrogen) atoms. The molecule has 0 bridgehead atoms. The van der Waals surface area contributed by atoms with Crippen molar-refractivity contribution in [3.05, 3.63) is 82.8 Å². The van der Waals surface area contributed by atoms with E-state index in [0.717, 1.165) is 0 Å². The zero-order valence-corrected chi connectivity index (χ0v) is 18.1. The summed E-state index contributed by atoms with van der Waals surface area (Å²) in [5, 5.41) is 5.30. The molecule has 4 aromatic rings.